The molecule has 4 heteroatoms. The molecule has 1 atom stereocenters. The van der Waals surface area contributed by atoms with Gasteiger partial charge in [0.25, 0.3) is 0 Å². The quantitative estimate of drug-likeness (QED) is 0.932. The average Bonchev–Trinajstić information content (AvgIpc) is 2.77. The third kappa shape index (κ3) is 3.61. The Bertz CT molecular complexity index is 511. The Balaban J connectivity index is 1.61. The summed E-state index contributed by atoms with van der Waals surface area (Å²) in [6, 6.07) is 8.30. The number of para-hydroxylation sites is 1. The Labute approximate surface area is 133 Å². The fourth-order valence-corrected chi connectivity index (χ4v) is 3.55. The van der Waals surface area contributed by atoms with E-state index >= 15 is 0 Å². The van der Waals surface area contributed by atoms with Crippen molar-refractivity contribution in [1.82, 2.24) is 9.80 Å². The van der Waals surface area contributed by atoms with E-state index in [4.69, 9.17) is 0 Å². The molecule has 1 N–H and O–H groups in total. The number of rotatable bonds is 3. The zero-order valence-corrected chi connectivity index (χ0v) is 13.6. The van der Waals surface area contributed by atoms with E-state index in [0.29, 0.717) is 5.91 Å². The number of hydrogen-bond donors (Lipinski definition) is 1. The second kappa shape index (κ2) is 7.14. The zero-order valence-electron chi connectivity index (χ0n) is 13.6. The van der Waals surface area contributed by atoms with Crippen molar-refractivity contribution in [2.24, 2.45) is 5.92 Å². The van der Waals surface area contributed by atoms with Crippen LogP contribution in [0.4, 0.5) is 5.69 Å². The van der Waals surface area contributed by atoms with Crippen LogP contribution in [-0.4, -0.2) is 48.4 Å². The minimum Gasteiger partial charge on any atom is -0.383 e. The van der Waals surface area contributed by atoms with Crippen LogP contribution in [0.3, 0.4) is 0 Å². The summed E-state index contributed by atoms with van der Waals surface area (Å²) >= 11 is 0. The predicted molar refractivity (Wildman–Crippen MR) is 89.8 cm³/mol. The largest absolute Gasteiger partial charge is 0.383 e. The van der Waals surface area contributed by atoms with Crippen molar-refractivity contribution >= 4 is 11.6 Å². The Kier molecular flexibility index (Phi) is 4.98. The SMILES string of the molecule is CC(CN1CCCCC1)C(=O)N1CCNc2ccccc2C1. The van der Waals surface area contributed by atoms with Gasteiger partial charge in [-0.05, 0) is 37.6 Å². The number of amides is 1. The lowest BCUT2D eigenvalue weighted by Crippen LogP contribution is -2.42. The van der Waals surface area contributed by atoms with E-state index in [0.717, 1.165) is 39.3 Å². The van der Waals surface area contributed by atoms with Gasteiger partial charge in [0.15, 0.2) is 0 Å². The van der Waals surface area contributed by atoms with Crippen LogP contribution in [0.5, 0.6) is 0 Å². The molecule has 0 bridgehead atoms. The highest BCUT2D eigenvalue weighted by atomic mass is 16.2. The fourth-order valence-electron chi connectivity index (χ4n) is 3.55. The zero-order chi connectivity index (χ0) is 15.4. The summed E-state index contributed by atoms with van der Waals surface area (Å²) in [7, 11) is 0. The van der Waals surface area contributed by atoms with E-state index < -0.39 is 0 Å². The smallest absolute Gasteiger partial charge is 0.227 e. The number of nitrogens with zero attached hydrogens (tertiary/aromatic N) is 2. The van der Waals surface area contributed by atoms with E-state index in [1.807, 2.05) is 17.0 Å². The van der Waals surface area contributed by atoms with Crippen LogP contribution >= 0.6 is 0 Å². The van der Waals surface area contributed by atoms with E-state index in [9.17, 15) is 4.79 Å². The Hall–Kier alpha value is -1.55. The Morgan fingerprint density at radius 3 is 2.77 bits per heavy atom. The maximum Gasteiger partial charge on any atom is 0.227 e. The summed E-state index contributed by atoms with van der Waals surface area (Å²) in [5.74, 6) is 0.382. The highest BCUT2D eigenvalue weighted by Gasteiger charge is 2.25. The molecule has 3 rings (SSSR count). The molecule has 1 aromatic carbocycles. The molecule has 0 radical (unpaired) electrons. The average molecular weight is 301 g/mol. The Morgan fingerprint density at radius 1 is 1.18 bits per heavy atom. The van der Waals surface area contributed by atoms with Gasteiger partial charge in [-0.15, -0.1) is 0 Å². The number of carbonyl (C=O) groups excluding carboxylic acids is 1. The number of hydrogen-bond acceptors (Lipinski definition) is 3. The van der Waals surface area contributed by atoms with Gasteiger partial charge in [0.05, 0.1) is 0 Å². The van der Waals surface area contributed by atoms with Crippen LogP contribution in [0.25, 0.3) is 0 Å². The molecule has 120 valence electrons. The van der Waals surface area contributed by atoms with Gasteiger partial charge in [-0.25, -0.2) is 0 Å². The van der Waals surface area contributed by atoms with Crippen LogP contribution in [0.15, 0.2) is 24.3 Å². The standard InChI is InChI=1S/C18H27N3O/c1-15(13-20-10-5-2-6-11-20)18(22)21-12-9-19-17-8-4-3-7-16(17)14-21/h3-4,7-8,15,19H,2,5-6,9-14H2,1H3. The van der Waals surface area contributed by atoms with Crippen LogP contribution in [0.2, 0.25) is 0 Å². The molecule has 0 aromatic heterocycles. The van der Waals surface area contributed by atoms with Crippen molar-refractivity contribution in [3.05, 3.63) is 29.8 Å². The van der Waals surface area contributed by atoms with Crippen molar-refractivity contribution in [2.75, 3.05) is 38.0 Å². The first kappa shape index (κ1) is 15.3. The summed E-state index contributed by atoms with van der Waals surface area (Å²) < 4.78 is 0. The molecule has 1 saturated heterocycles. The van der Waals surface area contributed by atoms with E-state index in [-0.39, 0.29) is 5.92 Å². The lowest BCUT2D eigenvalue weighted by Gasteiger charge is -2.31. The number of carbonyl (C=O) groups is 1. The van der Waals surface area contributed by atoms with Crippen molar-refractivity contribution in [3.63, 3.8) is 0 Å². The van der Waals surface area contributed by atoms with Crippen molar-refractivity contribution in [1.29, 1.82) is 0 Å². The molecule has 4 nitrogen and oxygen atoms in total. The van der Waals surface area contributed by atoms with Gasteiger partial charge in [-0.3, -0.25) is 4.79 Å². The number of fused-ring (bicyclic) bond motifs is 1. The minimum atomic E-state index is 0.0864. The molecule has 1 fully saturated rings. The molecular weight excluding hydrogens is 274 g/mol. The second-order valence-electron chi connectivity index (χ2n) is 6.61. The van der Waals surface area contributed by atoms with Gasteiger partial charge in [0, 0.05) is 37.8 Å². The maximum absolute atomic E-state index is 12.8. The molecule has 2 aliphatic heterocycles. The monoisotopic (exact) mass is 301 g/mol. The number of nitrogens with one attached hydrogen (secondary N) is 1. The molecule has 0 spiro atoms. The normalized spacial score (nSPS) is 20.7. The maximum atomic E-state index is 12.8. The van der Waals surface area contributed by atoms with Gasteiger partial charge in [-0.2, -0.15) is 0 Å². The first-order valence-electron chi connectivity index (χ1n) is 8.57. The number of likely N-dealkylation sites (tertiary alicyclic amines) is 1. The lowest BCUT2D eigenvalue weighted by atomic mass is 10.1. The van der Waals surface area contributed by atoms with Crippen molar-refractivity contribution in [2.45, 2.75) is 32.7 Å². The molecule has 1 unspecified atom stereocenters. The summed E-state index contributed by atoms with van der Waals surface area (Å²) in [5.41, 5.74) is 2.39. The van der Waals surface area contributed by atoms with E-state index in [1.165, 1.54) is 30.5 Å². The van der Waals surface area contributed by atoms with Crippen LogP contribution in [-0.2, 0) is 11.3 Å². The van der Waals surface area contributed by atoms with Crippen LogP contribution in [0.1, 0.15) is 31.7 Å². The minimum absolute atomic E-state index is 0.0864. The molecule has 1 aromatic rings. The van der Waals surface area contributed by atoms with Crippen molar-refractivity contribution < 1.29 is 4.79 Å². The fraction of sp³-hybridized carbons (Fsp3) is 0.611. The molecule has 0 aliphatic carbocycles. The molecule has 0 saturated carbocycles. The van der Waals surface area contributed by atoms with Gasteiger partial charge < -0.3 is 15.1 Å². The van der Waals surface area contributed by atoms with Gasteiger partial charge >= 0.3 is 0 Å². The lowest BCUT2D eigenvalue weighted by molar-refractivity contribution is -0.136. The molecule has 2 aliphatic rings. The predicted octanol–water partition coefficient (Wildman–Crippen LogP) is 2.56. The van der Waals surface area contributed by atoms with Gasteiger partial charge in [0.1, 0.15) is 0 Å². The number of benzene rings is 1. The topological polar surface area (TPSA) is 35.6 Å². The molecule has 22 heavy (non-hydrogen) atoms. The Morgan fingerprint density at radius 2 is 1.95 bits per heavy atom. The second-order valence-corrected chi connectivity index (χ2v) is 6.61. The van der Waals surface area contributed by atoms with Gasteiger partial charge in [-0.1, -0.05) is 31.5 Å². The highest BCUT2D eigenvalue weighted by Crippen LogP contribution is 2.21. The summed E-state index contributed by atoms with van der Waals surface area (Å²) in [4.78, 5) is 17.3. The summed E-state index contributed by atoms with van der Waals surface area (Å²) in [5, 5.41) is 3.43. The number of piperidine rings is 1. The van der Waals surface area contributed by atoms with Crippen molar-refractivity contribution in [3.8, 4) is 0 Å². The van der Waals surface area contributed by atoms with Crippen LogP contribution in [0, 0.1) is 5.92 Å². The van der Waals surface area contributed by atoms with E-state index in [2.05, 4.69) is 29.3 Å². The first-order valence-corrected chi connectivity index (χ1v) is 8.57. The molecular formula is C18H27N3O. The third-order valence-electron chi connectivity index (χ3n) is 4.79. The highest BCUT2D eigenvalue weighted by molar-refractivity contribution is 5.79. The summed E-state index contributed by atoms with van der Waals surface area (Å²) in [6.45, 7) is 7.65. The number of anilines is 1. The van der Waals surface area contributed by atoms with E-state index in [1.54, 1.807) is 0 Å². The summed E-state index contributed by atoms with van der Waals surface area (Å²) in [6.07, 6.45) is 3.90. The third-order valence-corrected chi connectivity index (χ3v) is 4.79. The van der Waals surface area contributed by atoms with Crippen LogP contribution < -0.4 is 5.32 Å². The molecule has 1 amide bonds. The first-order chi connectivity index (χ1) is 10.7. The van der Waals surface area contributed by atoms with Gasteiger partial charge in [0.2, 0.25) is 5.91 Å². The molecule has 2 heterocycles.